The molecule has 1 amide bonds. The van der Waals surface area contributed by atoms with E-state index in [2.05, 4.69) is 0 Å². The summed E-state index contributed by atoms with van der Waals surface area (Å²) in [5.41, 5.74) is 5.52. The van der Waals surface area contributed by atoms with Crippen molar-refractivity contribution in [2.45, 2.75) is 57.3 Å². The fraction of sp³-hybridized carbons (Fsp3) is 0.938. The van der Waals surface area contributed by atoms with Crippen LogP contribution in [0.25, 0.3) is 0 Å². The summed E-state index contributed by atoms with van der Waals surface area (Å²) in [5.74, 6) is -0.0179. The van der Waals surface area contributed by atoms with Crippen molar-refractivity contribution in [2.75, 3.05) is 39.3 Å². The van der Waals surface area contributed by atoms with Crippen LogP contribution >= 0.6 is 0 Å². The van der Waals surface area contributed by atoms with Gasteiger partial charge in [0.25, 0.3) is 10.2 Å². The van der Waals surface area contributed by atoms with E-state index in [9.17, 15) is 13.2 Å². The van der Waals surface area contributed by atoms with Crippen LogP contribution in [-0.4, -0.2) is 84.9 Å². The van der Waals surface area contributed by atoms with Gasteiger partial charge in [-0.15, -0.1) is 0 Å². The predicted octanol–water partition coefficient (Wildman–Crippen LogP) is -0.244. The molecule has 0 aromatic heterocycles. The molecule has 25 heavy (non-hydrogen) atoms. The molecular formula is C16H30N4O4S. The summed E-state index contributed by atoms with van der Waals surface area (Å²) in [6.45, 7) is 5.98. The Hall–Kier alpha value is -0.740. The Morgan fingerprint density at radius 2 is 1.52 bits per heavy atom. The Morgan fingerprint density at radius 1 is 1.00 bits per heavy atom. The highest BCUT2D eigenvalue weighted by Crippen LogP contribution is 2.29. The largest absolute Gasteiger partial charge is 0.373 e. The molecule has 2 aliphatic heterocycles. The topological polar surface area (TPSA) is 96.2 Å². The number of nitrogens with zero attached hydrogens (tertiary/aromatic N) is 3. The third kappa shape index (κ3) is 3.85. The molecule has 1 aliphatic carbocycles. The zero-order valence-electron chi connectivity index (χ0n) is 15.2. The Kier molecular flexibility index (Phi) is 5.41. The van der Waals surface area contributed by atoms with Crippen molar-refractivity contribution < 1.29 is 17.9 Å². The molecule has 3 aliphatic rings. The summed E-state index contributed by atoms with van der Waals surface area (Å²) in [7, 11) is -3.52. The first-order valence-electron chi connectivity index (χ1n) is 9.21. The van der Waals surface area contributed by atoms with Gasteiger partial charge in [0, 0.05) is 39.3 Å². The van der Waals surface area contributed by atoms with Crippen LogP contribution in [0, 0.1) is 0 Å². The average molecular weight is 375 g/mol. The number of carbonyl (C=O) groups is 1. The highest BCUT2D eigenvalue weighted by molar-refractivity contribution is 7.86. The number of nitrogens with two attached hydrogens (primary N) is 1. The zero-order valence-corrected chi connectivity index (χ0v) is 16.0. The quantitative estimate of drug-likeness (QED) is 0.735. The lowest BCUT2D eigenvalue weighted by molar-refractivity contribution is -0.138. The predicted molar refractivity (Wildman–Crippen MR) is 94.0 cm³/mol. The van der Waals surface area contributed by atoms with Gasteiger partial charge in [0.15, 0.2) is 0 Å². The van der Waals surface area contributed by atoms with Gasteiger partial charge in [0.2, 0.25) is 5.91 Å². The van der Waals surface area contributed by atoms with E-state index >= 15 is 0 Å². The van der Waals surface area contributed by atoms with Crippen LogP contribution in [-0.2, 0) is 19.7 Å². The van der Waals surface area contributed by atoms with E-state index in [1.165, 1.54) is 8.61 Å². The maximum Gasteiger partial charge on any atom is 0.282 e. The second-order valence-electron chi connectivity index (χ2n) is 7.64. The van der Waals surface area contributed by atoms with Crippen LogP contribution in [0.3, 0.4) is 0 Å². The Balaban J connectivity index is 1.60. The van der Waals surface area contributed by atoms with Crippen molar-refractivity contribution in [1.82, 2.24) is 13.5 Å². The van der Waals surface area contributed by atoms with Gasteiger partial charge in [-0.2, -0.15) is 17.0 Å². The first-order valence-corrected chi connectivity index (χ1v) is 10.6. The van der Waals surface area contributed by atoms with Gasteiger partial charge in [-0.25, -0.2) is 0 Å². The highest BCUT2D eigenvalue weighted by Gasteiger charge is 2.42. The van der Waals surface area contributed by atoms with E-state index in [0.29, 0.717) is 39.3 Å². The van der Waals surface area contributed by atoms with Crippen LogP contribution < -0.4 is 5.73 Å². The van der Waals surface area contributed by atoms with Crippen LogP contribution in [0.2, 0.25) is 0 Å². The fourth-order valence-electron chi connectivity index (χ4n) is 4.14. The second kappa shape index (κ2) is 7.11. The summed E-state index contributed by atoms with van der Waals surface area (Å²) >= 11 is 0. The van der Waals surface area contributed by atoms with Gasteiger partial charge in [0.1, 0.15) is 0 Å². The van der Waals surface area contributed by atoms with Crippen molar-refractivity contribution >= 4 is 16.1 Å². The molecule has 2 atom stereocenters. The molecule has 2 saturated heterocycles. The van der Waals surface area contributed by atoms with Gasteiger partial charge in [0.05, 0.1) is 17.7 Å². The molecule has 8 nitrogen and oxygen atoms in total. The number of piperazine rings is 1. The van der Waals surface area contributed by atoms with Gasteiger partial charge in [-0.1, -0.05) is 12.8 Å². The minimum absolute atomic E-state index is 0.0179. The SMILES string of the molecule is CC1CN(S(=O)(=O)N2CCN(C(=O)C3(N)CCCC3)CC2)CC(C)O1. The maximum absolute atomic E-state index is 12.9. The molecule has 0 aromatic carbocycles. The van der Waals surface area contributed by atoms with E-state index in [1.807, 2.05) is 13.8 Å². The monoisotopic (exact) mass is 374 g/mol. The van der Waals surface area contributed by atoms with Crippen molar-refractivity contribution in [1.29, 1.82) is 0 Å². The molecular weight excluding hydrogens is 344 g/mol. The minimum atomic E-state index is -3.52. The van der Waals surface area contributed by atoms with E-state index in [4.69, 9.17) is 10.5 Å². The van der Waals surface area contributed by atoms with Crippen LogP contribution in [0.15, 0.2) is 0 Å². The average Bonchev–Trinajstić information content (AvgIpc) is 3.01. The lowest BCUT2D eigenvalue weighted by Crippen LogP contribution is -2.61. The summed E-state index contributed by atoms with van der Waals surface area (Å²) in [4.78, 5) is 14.4. The van der Waals surface area contributed by atoms with Crippen LogP contribution in [0.1, 0.15) is 39.5 Å². The van der Waals surface area contributed by atoms with E-state index in [0.717, 1.165) is 25.7 Å². The number of carbonyl (C=O) groups excluding carboxylic acids is 1. The van der Waals surface area contributed by atoms with Gasteiger partial charge >= 0.3 is 0 Å². The molecule has 144 valence electrons. The van der Waals surface area contributed by atoms with Crippen LogP contribution in [0.4, 0.5) is 0 Å². The van der Waals surface area contributed by atoms with Crippen molar-refractivity contribution in [3.63, 3.8) is 0 Å². The second-order valence-corrected chi connectivity index (χ2v) is 9.57. The Labute approximate surface area is 150 Å². The van der Waals surface area contributed by atoms with Gasteiger partial charge in [-0.3, -0.25) is 4.79 Å². The smallest absolute Gasteiger partial charge is 0.282 e. The third-order valence-electron chi connectivity index (χ3n) is 5.49. The Bertz CT molecular complexity index is 587. The molecule has 2 heterocycles. The minimum Gasteiger partial charge on any atom is -0.373 e. The van der Waals surface area contributed by atoms with E-state index in [1.54, 1.807) is 4.90 Å². The highest BCUT2D eigenvalue weighted by atomic mass is 32.2. The number of hydrogen-bond donors (Lipinski definition) is 1. The Morgan fingerprint density at radius 3 is 2.04 bits per heavy atom. The van der Waals surface area contributed by atoms with Crippen molar-refractivity contribution in [2.24, 2.45) is 5.73 Å². The van der Waals surface area contributed by atoms with Crippen molar-refractivity contribution in [3.8, 4) is 0 Å². The molecule has 0 aromatic rings. The van der Waals surface area contributed by atoms with Crippen molar-refractivity contribution in [3.05, 3.63) is 0 Å². The molecule has 2 unspecified atom stereocenters. The molecule has 3 rings (SSSR count). The molecule has 2 N–H and O–H groups in total. The number of ether oxygens (including phenoxy) is 1. The third-order valence-corrected chi connectivity index (χ3v) is 7.45. The summed E-state index contributed by atoms with van der Waals surface area (Å²) in [5, 5.41) is 0. The first kappa shape index (κ1) is 19.0. The standard InChI is InChI=1S/C16H30N4O4S/c1-13-11-20(12-14(2)24-13)25(22,23)19-9-7-18(8-10-19)15(21)16(17)5-3-4-6-16/h13-14H,3-12,17H2,1-2H3. The van der Waals surface area contributed by atoms with E-state index in [-0.39, 0.29) is 18.1 Å². The lowest BCUT2D eigenvalue weighted by Gasteiger charge is -2.41. The molecule has 3 fully saturated rings. The molecule has 9 heteroatoms. The first-order chi connectivity index (χ1) is 11.7. The number of morpholine rings is 1. The number of amides is 1. The fourth-order valence-corrected chi connectivity index (χ4v) is 5.89. The van der Waals surface area contributed by atoms with Crippen LogP contribution in [0.5, 0.6) is 0 Å². The summed E-state index contributed by atoms with van der Waals surface area (Å²) in [6.07, 6.45) is 3.22. The number of rotatable bonds is 3. The molecule has 0 radical (unpaired) electrons. The summed E-state index contributed by atoms with van der Waals surface area (Å²) in [6, 6.07) is 0. The maximum atomic E-state index is 12.9. The molecule has 1 saturated carbocycles. The van der Waals surface area contributed by atoms with Gasteiger partial charge < -0.3 is 15.4 Å². The lowest BCUT2D eigenvalue weighted by atomic mass is 9.97. The molecule has 0 bridgehead atoms. The number of hydrogen-bond acceptors (Lipinski definition) is 5. The summed E-state index contributed by atoms with van der Waals surface area (Å²) < 4.78 is 34.4. The zero-order chi connectivity index (χ0) is 18.2. The normalized spacial score (nSPS) is 32.0. The van der Waals surface area contributed by atoms with E-state index < -0.39 is 15.7 Å². The molecule has 0 spiro atoms. The van der Waals surface area contributed by atoms with Gasteiger partial charge in [-0.05, 0) is 26.7 Å².